The van der Waals surface area contributed by atoms with Gasteiger partial charge in [0.1, 0.15) is 5.78 Å². The largest absolute Gasteiger partial charge is 0.299 e. The Morgan fingerprint density at radius 1 is 1.22 bits per heavy atom. The number of allylic oxidation sites excluding steroid dienone is 1. The Morgan fingerprint density at radius 3 is 2.72 bits per heavy atom. The lowest BCUT2D eigenvalue weighted by atomic mass is 9.98. The quantitative estimate of drug-likeness (QED) is 0.484. The number of carbonyl (C=O) groups is 1. The monoisotopic (exact) mass is 244 g/mol. The van der Waals surface area contributed by atoms with Gasteiger partial charge in [0.15, 0.2) is 0 Å². The molecule has 0 spiro atoms. The SMILES string of the molecule is C=CCCCCCC(=O)Cc1cc(C)ccc1C. The van der Waals surface area contributed by atoms with Gasteiger partial charge in [0.25, 0.3) is 0 Å². The molecular formula is C17H24O. The van der Waals surface area contributed by atoms with E-state index < -0.39 is 0 Å². The summed E-state index contributed by atoms with van der Waals surface area (Å²) in [6.45, 7) is 7.85. The van der Waals surface area contributed by atoms with Crippen molar-refractivity contribution in [2.24, 2.45) is 0 Å². The van der Waals surface area contributed by atoms with E-state index in [-0.39, 0.29) is 0 Å². The summed E-state index contributed by atoms with van der Waals surface area (Å²) >= 11 is 0. The molecule has 0 atom stereocenters. The van der Waals surface area contributed by atoms with Gasteiger partial charge in [-0.05, 0) is 44.2 Å². The van der Waals surface area contributed by atoms with Crippen LogP contribution in [0.5, 0.6) is 0 Å². The van der Waals surface area contributed by atoms with Gasteiger partial charge < -0.3 is 0 Å². The third-order valence-electron chi connectivity index (χ3n) is 3.26. The second kappa shape index (κ2) is 7.86. The van der Waals surface area contributed by atoms with Gasteiger partial charge in [-0.3, -0.25) is 4.79 Å². The first-order chi connectivity index (χ1) is 8.63. The van der Waals surface area contributed by atoms with Crippen molar-refractivity contribution in [3.05, 3.63) is 47.5 Å². The lowest BCUT2D eigenvalue weighted by Crippen LogP contribution is -2.04. The van der Waals surface area contributed by atoms with E-state index in [2.05, 4.69) is 38.6 Å². The topological polar surface area (TPSA) is 17.1 Å². The maximum absolute atomic E-state index is 11.9. The molecule has 0 fully saturated rings. The van der Waals surface area contributed by atoms with Crippen LogP contribution in [0, 0.1) is 13.8 Å². The Labute approximate surface area is 111 Å². The summed E-state index contributed by atoms with van der Waals surface area (Å²) in [7, 11) is 0. The average molecular weight is 244 g/mol. The Morgan fingerprint density at radius 2 is 2.00 bits per heavy atom. The van der Waals surface area contributed by atoms with Crippen LogP contribution in [0.1, 0.15) is 48.8 Å². The van der Waals surface area contributed by atoms with Crippen LogP contribution in [-0.2, 0) is 11.2 Å². The summed E-state index contributed by atoms with van der Waals surface area (Å²) in [6, 6.07) is 6.32. The summed E-state index contributed by atoms with van der Waals surface area (Å²) in [5, 5.41) is 0. The van der Waals surface area contributed by atoms with Gasteiger partial charge in [-0.1, -0.05) is 36.3 Å². The van der Waals surface area contributed by atoms with E-state index in [0.29, 0.717) is 18.6 Å². The molecule has 0 radical (unpaired) electrons. The second-order valence-electron chi connectivity index (χ2n) is 5.03. The van der Waals surface area contributed by atoms with Gasteiger partial charge in [-0.25, -0.2) is 0 Å². The van der Waals surface area contributed by atoms with Crippen molar-refractivity contribution in [3.63, 3.8) is 0 Å². The number of Topliss-reactive ketones (excluding diaryl/α,β-unsaturated/α-hetero) is 1. The highest BCUT2D eigenvalue weighted by molar-refractivity contribution is 5.81. The van der Waals surface area contributed by atoms with Crippen molar-refractivity contribution < 1.29 is 4.79 Å². The number of rotatable bonds is 8. The van der Waals surface area contributed by atoms with Gasteiger partial charge >= 0.3 is 0 Å². The summed E-state index contributed by atoms with van der Waals surface area (Å²) < 4.78 is 0. The van der Waals surface area contributed by atoms with E-state index in [9.17, 15) is 4.79 Å². The zero-order valence-electron chi connectivity index (χ0n) is 11.7. The van der Waals surface area contributed by atoms with E-state index in [1.807, 2.05) is 6.08 Å². The molecule has 1 rings (SSSR count). The molecule has 98 valence electrons. The first-order valence-electron chi connectivity index (χ1n) is 6.82. The normalized spacial score (nSPS) is 10.3. The summed E-state index contributed by atoms with van der Waals surface area (Å²) in [4.78, 5) is 11.9. The molecule has 0 unspecified atom stereocenters. The molecule has 0 N–H and O–H groups in total. The van der Waals surface area contributed by atoms with E-state index in [4.69, 9.17) is 0 Å². The van der Waals surface area contributed by atoms with Crippen molar-refractivity contribution in [2.75, 3.05) is 0 Å². The number of hydrogen-bond acceptors (Lipinski definition) is 1. The Bertz CT molecular complexity index is 404. The van der Waals surface area contributed by atoms with E-state index in [0.717, 1.165) is 25.7 Å². The molecule has 0 saturated carbocycles. The van der Waals surface area contributed by atoms with Crippen molar-refractivity contribution >= 4 is 5.78 Å². The second-order valence-corrected chi connectivity index (χ2v) is 5.03. The van der Waals surface area contributed by atoms with Gasteiger partial charge in [0.2, 0.25) is 0 Å². The number of ketones is 1. The van der Waals surface area contributed by atoms with Gasteiger partial charge in [0, 0.05) is 12.8 Å². The number of unbranched alkanes of at least 4 members (excludes halogenated alkanes) is 3. The standard InChI is InChI=1S/C17H24O/c1-4-5-6-7-8-9-17(18)13-16-12-14(2)10-11-15(16)3/h4,10-12H,1,5-9,13H2,2-3H3. The summed E-state index contributed by atoms with van der Waals surface area (Å²) in [5.41, 5.74) is 3.64. The fourth-order valence-corrected chi connectivity index (χ4v) is 2.08. The van der Waals surface area contributed by atoms with Gasteiger partial charge in [-0.2, -0.15) is 0 Å². The molecule has 0 heterocycles. The summed E-state index contributed by atoms with van der Waals surface area (Å²) in [6.07, 6.45) is 7.60. The van der Waals surface area contributed by atoms with Crippen LogP contribution in [0.25, 0.3) is 0 Å². The van der Waals surface area contributed by atoms with E-state index >= 15 is 0 Å². The summed E-state index contributed by atoms with van der Waals surface area (Å²) in [5.74, 6) is 0.363. The fraction of sp³-hybridized carbons (Fsp3) is 0.471. The molecule has 0 aliphatic heterocycles. The Hall–Kier alpha value is -1.37. The van der Waals surface area contributed by atoms with Crippen molar-refractivity contribution in [1.82, 2.24) is 0 Å². The lowest BCUT2D eigenvalue weighted by molar-refractivity contribution is -0.118. The first kappa shape index (κ1) is 14.7. The van der Waals surface area contributed by atoms with Crippen LogP contribution in [0.15, 0.2) is 30.9 Å². The average Bonchev–Trinajstić information content (AvgIpc) is 2.33. The van der Waals surface area contributed by atoms with Crippen LogP contribution in [0.2, 0.25) is 0 Å². The number of benzene rings is 1. The minimum absolute atomic E-state index is 0.363. The van der Waals surface area contributed by atoms with E-state index in [1.165, 1.54) is 16.7 Å². The highest BCUT2D eigenvalue weighted by Crippen LogP contribution is 2.13. The Balaban J connectivity index is 2.35. The van der Waals surface area contributed by atoms with Gasteiger partial charge in [0.05, 0.1) is 0 Å². The van der Waals surface area contributed by atoms with E-state index in [1.54, 1.807) is 0 Å². The zero-order chi connectivity index (χ0) is 13.4. The molecule has 1 aromatic rings. The van der Waals surface area contributed by atoms with Crippen LogP contribution < -0.4 is 0 Å². The highest BCUT2D eigenvalue weighted by Gasteiger charge is 2.06. The van der Waals surface area contributed by atoms with Crippen LogP contribution in [0.4, 0.5) is 0 Å². The molecule has 1 aromatic carbocycles. The maximum Gasteiger partial charge on any atom is 0.137 e. The zero-order valence-corrected chi connectivity index (χ0v) is 11.7. The minimum Gasteiger partial charge on any atom is -0.299 e. The maximum atomic E-state index is 11.9. The first-order valence-corrected chi connectivity index (χ1v) is 6.82. The number of carbonyl (C=O) groups excluding carboxylic acids is 1. The molecule has 0 aliphatic rings. The minimum atomic E-state index is 0.363. The smallest absolute Gasteiger partial charge is 0.137 e. The molecule has 0 aromatic heterocycles. The van der Waals surface area contributed by atoms with Crippen molar-refractivity contribution in [2.45, 2.75) is 52.4 Å². The Kier molecular flexibility index (Phi) is 6.42. The van der Waals surface area contributed by atoms with Crippen molar-refractivity contribution in [3.8, 4) is 0 Å². The number of hydrogen-bond donors (Lipinski definition) is 0. The van der Waals surface area contributed by atoms with Crippen molar-refractivity contribution in [1.29, 1.82) is 0 Å². The number of aryl methyl sites for hydroxylation is 2. The molecule has 0 amide bonds. The predicted molar refractivity (Wildman–Crippen MR) is 77.9 cm³/mol. The molecular weight excluding hydrogens is 220 g/mol. The highest BCUT2D eigenvalue weighted by atomic mass is 16.1. The molecule has 0 saturated heterocycles. The third kappa shape index (κ3) is 5.31. The molecule has 0 bridgehead atoms. The lowest BCUT2D eigenvalue weighted by Gasteiger charge is -2.06. The van der Waals surface area contributed by atoms with Crippen LogP contribution >= 0.6 is 0 Å². The fourth-order valence-electron chi connectivity index (χ4n) is 2.08. The molecule has 1 heteroatoms. The molecule has 1 nitrogen and oxygen atoms in total. The molecule has 0 aliphatic carbocycles. The molecule has 18 heavy (non-hydrogen) atoms. The van der Waals surface area contributed by atoms with Crippen LogP contribution in [0.3, 0.4) is 0 Å². The van der Waals surface area contributed by atoms with Gasteiger partial charge in [-0.15, -0.1) is 6.58 Å². The predicted octanol–water partition coefficient (Wildman–Crippen LogP) is 4.55. The van der Waals surface area contributed by atoms with Crippen LogP contribution in [-0.4, -0.2) is 5.78 Å². The third-order valence-corrected chi connectivity index (χ3v) is 3.26.